The number of hydrogen-bond acceptors (Lipinski definition) is 4. The third kappa shape index (κ3) is 4.28. The van der Waals surface area contributed by atoms with E-state index in [1.165, 1.54) is 30.7 Å². The molecule has 1 aromatic rings. The van der Waals surface area contributed by atoms with Crippen molar-refractivity contribution in [3.05, 3.63) is 29.8 Å². The van der Waals surface area contributed by atoms with Gasteiger partial charge in [0.25, 0.3) is 0 Å². The van der Waals surface area contributed by atoms with Crippen LogP contribution in [0.4, 0.5) is 0 Å². The Kier molecular flexibility index (Phi) is 4.68. The van der Waals surface area contributed by atoms with Gasteiger partial charge < -0.3 is 10.0 Å². The van der Waals surface area contributed by atoms with Crippen LogP contribution in [0.1, 0.15) is 23.7 Å². The molecule has 1 saturated carbocycles. The Bertz CT molecular complexity index is 609. The second-order valence-corrected chi connectivity index (χ2v) is 7.99. The lowest BCUT2D eigenvalue weighted by atomic mass is 10.2. The molecule has 1 N–H and O–H groups in total. The molecule has 6 heteroatoms. The van der Waals surface area contributed by atoms with Gasteiger partial charge in [-0.15, -0.1) is 0 Å². The van der Waals surface area contributed by atoms with Gasteiger partial charge in [-0.3, -0.25) is 0 Å². The number of carbonyl (C=O) groups is 1. The van der Waals surface area contributed by atoms with Crippen LogP contribution >= 0.6 is 0 Å². The van der Waals surface area contributed by atoms with Crippen molar-refractivity contribution in [2.45, 2.75) is 18.2 Å². The van der Waals surface area contributed by atoms with Crippen molar-refractivity contribution in [3.63, 3.8) is 0 Å². The lowest BCUT2D eigenvalue weighted by molar-refractivity contribution is 0.0696. The van der Waals surface area contributed by atoms with Crippen molar-refractivity contribution in [2.24, 2.45) is 11.8 Å². The van der Waals surface area contributed by atoms with Crippen LogP contribution in [-0.4, -0.2) is 50.3 Å². The van der Waals surface area contributed by atoms with E-state index in [-0.39, 0.29) is 16.2 Å². The summed E-state index contributed by atoms with van der Waals surface area (Å²) in [6.45, 7) is 3.64. The first-order valence-electron chi connectivity index (χ1n) is 7.04. The molecule has 1 aliphatic rings. The zero-order valence-corrected chi connectivity index (χ0v) is 13.1. The molecule has 1 fully saturated rings. The van der Waals surface area contributed by atoms with Crippen LogP contribution < -0.4 is 0 Å². The van der Waals surface area contributed by atoms with Crippen molar-refractivity contribution in [2.75, 3.05) is 25.9 Å². The molecule has 0 aromatic heterocycles. The molecule has 0 bridgehead atoms. The number of sulfone groups is 1. The highest BCUT2D eigenvalue weighted by molar-refractivity contribution is 7.91. The van der Waals surface area contributed by atoms with Crippen LogP contribution in [0.3, 0.4) is 0 Å². The summed E-state index contributed by atoms with van der Waals surface area (Å²) in [6.07, 6.45) is 1.23. The summed E-state index contributed by atoms with van der Waals surface area (Å²) in [5, 5.41) is 8.81. The van der Waals surface area contributed by atoms with E-state index in [1.807, 2.05) is 7.05 Å². The number of hydrogen-bond donors (Lipinski definition) is 1. The van der Waals surface area contributed by atoms with Crippen LogP contribution in [0.25, 0.3) is 0 Å². The molecule has 1 aromatic carbocycles. The first-order chi connectivity index (χ1) is 9.79. The first kappa shape index (κ1) is 16.0. The molecule has 0 heterocycles. The maximum Gasteiger partial charge on any atom is 0.335 e. The number of nitrogens with zero attached hydrogens (tertiary/aromatic N) is 1. The molecule has 116 valence electrons. The van der Waals surface area contributed by atoms with Crippen molar-refractivity contribution in [1.82, 2.24) is 4.90 Å². The summed E-state index contributed by atoms with van der Waals surface area (Å²) in [6, 6.07) is 5.37. The van der Waals surface area contributed by atoms with E-state index < -0.39 is 15.8 Å². The van der Waals surface area contributed by atoms with Gasteiger partial charge in [-0.25, -0.2) is 13.2 Å². The SMILES string of the molecule is CC1CC1CN(C)CCS(=O)(=O)c1ccc(C(=O)O)cc1. The van der Waals surface area contributed by atoms with E-state index in [0.29, 0.717) is 12.5 Å². The third-order valence-corrected chi connectivity index (χ3v) is 5.73. The second kappa shape index (κ2) is 6.15. The molecule has 21 heavy (non-hydrogen) atoms. The molecule has 2 rings (SSSR count). The molecule has 0 aliphatic heterocycles. The summed E-state index contributed by atoms with van der Waals surface area (Å²) >= 11 is 0. The summed E-state index contributed by atoms with van der Waals surface area (Å²) in [5.41, 5.74) is 0.0915. The van der Waals surface area contributed by atoms with Crippen molar-refractivity contribution >= 4 is 15.8 Å². The first-order valence-corrected chi connectivity index (χ1v) is 8.69. The number of benzene rings is 1. The Morgan fingerprint density at radius 2 is 1.90 bits per heavy atom. The number of rotatable bonds is 7. The Balaban J connectivity index is 1.92. The molecule has 5 nitrogen and oxygen atoms in total. The van der Waals surface area contributed by atoms with Gasteiger partial charge in [-0.2, -0.15) is 0 Å². The van der Waals surface area contributed by atoms with E-state index in [0.717, 1.165) is 12.5 Å². The zero-order valence-electron chi connectivity index (χ0n) is 12.3. The highest BCUT2D eigenvalue weighted by atomic mass is 32.2. The molecule has 0 saturated heterocycles. The Morgan fingerprint density at radius 3 is 2.38 bits per heavy atom. The molecule has 0 spiro atoms. The molecule has 0 radical (unpaired) electrons. The van der Waals surface area contributed by atoms with Gasteiger partial charge in [0.2, 0.25) is 0 Å². The predicted octanol–water partition coefficient (Wildman–Crippen LogP) is 1.75. The fourth-order valence-electron chi connectivity index (χ4n) is 2.34. The van der Waals surface area contributed by atoms with E-state index in [4.69, 9.17) is 5.11 Å². The highest BCUT2D eigenvalue weighted by Gasteiger charge is 2.33. The Morgan fingerprint density at radius 1 is 1.33 bits per heavy atom. The minimum Gasteiger partial charge on any atom is -0.478 e. The molecule has 0 amide bonds. The minimum atomic E-state index is -3.36. The van der Waals surface area contributed by atoms with Gasteiger partial charge in [0, 0.05) is 13.1 Å². The normalized spacial score (nSPS) is 21.5. The Labute approximate surface area is 125 Å². The standard InChI is InChI=1S/C15H21NO4S/c1-11-9-13(11)10-16(2)7-8-21(19,20)14-5-3-12(4-6-14)15(17)18/h3-6,11,13H,7-10H2,1-2H3,(H,17,18). The largest absolute Gasteiger partial charge is 0.478 e. The van der Waals surface area contributed by atoms with Gasteiger partial charge in [-0.05, 0) is 49.6 Å². The average molecular weight is 311 g/mol. The fourth-order valence-corrected chi connectivity index (χ4v) is 3.68. The quantitative estimate of drug-likeness (QED) is 0.830. The van der Waals surface area contributed by atoms with E-state index in [1.54, 1.807) is 0 Å². The zero-order chi connectivity index (χ0) is 15.6. The van der Waals surface area contributed by atoms with Crippen molar-refractivity contribution in [1.29, 1.82) is 0 Å². The maximum atomic E-state index is 12.2. The topological polar surface area (TPSA) is 74.7 Å². The average Bonchev–Trinajstić information content (AvgIpc) is 3.12. The number of aromatic carboxylic acids is 1. The third-order valence-electron chi connectivity index (χ3n) is 4.02. The Hall–Kier alpha value is -1.40. The lowest BCUT2D eigenvalue weighted by Gasteiger charge is -2.16. The highest BCUT2D eigenvalue weighted by Crippen LogP contribution is 2.37. The molecular formula is C15H21NO4S. The van der Waals surface area contributed by atoms with Crippen molar-refractivity contribution in [3.8, 4) is 0 Å². The summed E-state index contributed by atoms with van der Waals surface area (Å²) in [4.78, 5) is 13.0. The molecule has 2 atom stereocenters. The van der Waals surface area contributed by atoms with E-state index in [9.17, 15) is 13.2 Å². The molecule has 2 unspecified atom stereocenters. The second-order valence-electron chi connectivity index (χ2n) is 5.88. The van der Waals surface area contributed by atoms with E-state index in [2.05, 4.69) is 11.8 Å². The molecular weight excluding hydrogens is 290 g/mol. The fraction of sp³-hybridized carbons (Fsp3) is 0.533. The van der Waals surface area contributed by atoms with E-state index >= 15 is 0 Å². The predicted molar refractivity (Wildman–Crippen MR) is 80.2 cm³/mol. The number of carboxylic acid groups (broad SMARTS) is 1. The van der Waals surface area contributed by atoms with Crippen LogP contribution in [0.5, 0.6) is 0 Å². The monoisotopic (exact) mass is 311 g/mol. The summed E-state index contributed by atoms with van der Waals surface area (Å²) in [7, 11) is -1.42. The van der Waals surface area contributed by atoms with Crippen LogP contribution in [0.2, 0.25) is 0 Å². The van der Waals surface area contributed by atoms with Crippen LogP contribution in [-0.2, 0) is 9.84 Å². The minimum absolute atomic E-state index is 0.0526. The summed E-state index contributed by atoms with van der Waals surface area (Å²) < 4.78 is 24.4. The van der Waals surface area contributed by atoms with Crippen molar-refractivity contribution < 1.29 is 18.3 Å². The van der Waals surface area contributed by atoms with Gasteiger partial charge in [0.1, 0.15) is 0 Å². The van der Waals surface area contributed by atoms with Crippen LogP contribution in [0.15, 0.2) is 29.2 Å². The van der Waals surface area contributed by atoms with Gasteiger partial charge in [0.05, 0.1) is 16.2 Å². The summed E-state index contributed by atoms with van der Waals surface area (Å²) in [5.74, 6) is 0.453. The lowest BCUT2D eigenvalue weighted by Crippen LogP contribution is -2.27. The van der Waals surface area contributed by atoms with Gasteiger partial charge >= 0.3 is 5.97 Å². The number of carboxylic acids is 1. The van der Waals surface area contributed by atoms with Gasteiger partial charge in [-0.1, -0.05) is 6.92 Å². The van der Waals surface area contributed by atoms with Gasteiger partial charge in [0.15, 0.2) is 9.84 Å². The smallest absolute Gasteiger partial charge is 0.335 e. The maximum absolute atomic E-state index is 12.2. The molecule has 1 aliphatic carbocycles. The van der Waals surface area contributed by atoms with Crippen LogP contribution in [0, 0.1) is 11.8 Å².